The van der Waals surface area contributed by atoms with Crippen molar-refractivity contribution in [1.29, 1.82) is 0 Å². The van der Waals surface area contributed by atoms with Crippen molar-refractivity contribution in [3.8, 4) is 0 Å². The van der Waals surface area contributed by atoms with Gasteiger partial charge in [0.15, 0.2) is 0 Å². The number of morpholine rings is 1. The molecule has 1 aliphatic heterocycles. The Morgan fingerprint density at radius 3 is 2.90 bits per heavy atom. The van der Waals surface area contributed by atoms with Crippen LogP contribution in [0.5, 0.6) is 0 Å². The first-order valence-electron chi connectivity index (χ1n) is 7.71. The SMILES string of the molecule is CCN1CCOC(Cn2cccc2CNC(C)(C)C)C1. The molecule has 0 aromatic carbocycles. The van der Waals surface area contributed by atoms with Gasteiger partial charge in [-0.05, 0) is 39.4 Å². The van der Waals surface area contributed by atoms with E-state index in [4.69, 9.17) is 4.74 Å². The van der Waals surface area contributed by atoms with E-state index in [1.165, 1.54) is 5.69 Å². The van der Waals surface area contributed by atoms with Crippen LogP contribution in [-0.4, -0.2) is 47.4 Å². The van der Waals surface area contributed by atoms with Gasteiger partial charge in [0.25, 0.3) is 0 Å². The fourth-order valence-electron chi connectivity index (χ4n) is 2.54. The minimum absolute atomic E-state index is 0.148. The van der Waals surface area contributed by atoms with E-state index < -0.39 is 0 Å². The van der Waals surface area contributed by atoms with Gasteiger partial charge in [-0.3, -0.25) is 4.90 Å². The van der Waals surface area contributed by atoms with Crippen LogP contribution < -0.4 is 5.32 Å². The van der Waals surface area contributed by atoms with Crippen LogP contribution in [0.2, 0.25) is 0 Å². The Kier molecular flexibility index (Phi) is 5.24. The van der Waals surface area contributed by atoms with E-state index in [1.54, 1.807) is 0 Å². The highest BCUT2D eigenvalue weighted by atomic mass is 16.5. The van der Waals surface area contributed by atoms with Crippen molar-refractivity contribution in [2.45, 2.75) is 52.4 Å². The highest BCUT2D eigenvalue weighted by Crippen LogP contribution is 2.11. The van der Waals surface area contributed by atoms with E-state index in [2.05, 4.69) is 60.8 Å². The topological polar surface area (TPSA) is 29.4 Å². The van der Waals surface area contributed by atoms with Crippen LogP contribution >= 0.6 is 0 Å². The highest BCUT2D eigenvalue weighted by molar-refractivity contribution is 5.07. The van der Waals surface area contributed by atoms with Crippen molar-refractivity contribution < 1.29 is 4.74 Å². The third kappa shape index (κ3) is 4.62. The fraction of sp³-hybridized carbons (Fsp3) is 0.750. The first kappa shape index (κ1) is 15.5. The van der Waals surface area contributed by atoms with Gasteiger partial charge in [0.2, 0.25) is 0 Å². The number of ether oxygens (including phenoxy) is 1. The van der Waals surface area contributed by atoms with E-state index in [9.17, 15) is 0 Å². The summed E-state index contributed by atoms with van der Waals surface area (Å²) in [5, 5.41) is 3.55. The van der Waals surface area contributed by atoms with Crippen LogP contribution in [-0.2, 0) is 17.8 Å². The Bertz CT molecular complexity index is 408. The molecule has 1 unspecified atom stereocenters. The molecule has 4 nitrogen and oxygen atoms in total. The molecule has 0 saturated carbocycles. The number of aromatic nitrogens is 1. The van der Waals surface area contributed by atoms with Crippen LogP contribution in [0.1, 0.15) is 33.4 Å². The number of rotatable bonds is 5. The van der Waals surface area contributed by atoms with Gasteiger partial charge in [-0.2, -0.15) is 0 Å². The molecule has 20 heavy (non-hydrogen) atoms. The molecule has 0 spiro atoms. The number of hydrogen-bond acceptors (Lipinski definition) is 3. The van der Waals surface area contributed by atoms with Crippen molar-refractivity contribution in [1.82, 2.24) is 14.8 Å². The molecule has 1 atom stereocenters. The van der Waals surface area contributed by atoms with E-state index >= 15 is 0 Å². The van der Waals surface area contributed by atoms with E-state index in [0.717, 1.165) is 39.3 Å². The van der Waals surface area contributed by atoms with Crippen LogP contribution in [0.15, 0.2) is 18.3 Å². The molecule has 0 aliphatic carbocycles. The van der Waals surface area contributed by atoms with Gasteiger partial charge in [-0.15, -0.1) is 0 Å². The van der Waals surface area contributed by atoms with Crippen molar-refractivity contribution in [3.05, 3.63) is 24.0 Å². The molecule has 1 aliphatic rings. The van der Waals surface area contributed by atoms with Gasteiger partial charge in [-0.25, -0.2) is 0 Å². The molecular formula is C16H29N3O. The van der Waals surface area contributed by atoms with Crippen molar-refractivity contribution in [3.63, 3.8) is 0 Å². The monoisotopic (exact) mass is 279 g/mol. The first-order valence-corrected chi connectivity index (χ1v) is 7.71. The molecule has 0 amide bonds. The molecule has 0 bridgehead atoms. The van der Waals surface area contributed by atoms with E-state index in [0.29, 0.717) is 6.10 Å². The Morgan fingerprint density at radius 1 is 1.40 bits per heavy atom. The molecule has 1 N–H and O–H groups in total. The molecule has 0 radical (unpaired) electrons. The lowest BCUT2D eigenvalue weighted by atomic mass is 10.1. The number of nitrogens with zero attached hydrogens (tertiary/aromatic N) is 2. The predicted molar refractivity (Wildman–Crippen MR) is 82.9 cm³/mol. The first-order chi connectivity index (χ1) is 9.48. The van der Waals surface area contributed by atoms with Crippen LogP contribution in [0.25, 0.3) is 0 Å². The summed E-state index contributed by atoms with van der Waals surface area (Å²) in [5.74, 6) is 0. The normalized spacial score (nSPS) is 21.3. The van der Waals surface area contributed by atoms with Gasteiger partial charge in [-0.1, -0.05) is 6.92 Å². The molecule has 2 heterocycles. The minimum atomic E-state index is 0.148. The zero-order chi connectivity index (χ0) is 14.6. The molecule has 2 rings (SSSR count). The maximum absolute atomic E-state index is 5.90. The van der Waals surface area contributed by atoms with Crippen molar-refractivity contribution in [2.75, 3.05) is 26.2 Å². The van der Waals surface area contributed by atoms with E-state index in [-0.39, 0.29) is 5.54 Å². The fourth-order valence-corrected chi connectivity index (χ4v) is 2.54. The lowest BCUT2D eigenvalue weighted by molar-refractivity contribution is -0.0345. The summed E-state index contributed by atoms with van der Waals surface area (Å²) in [6.07, 6.45) is 2.47. The number of likely N-dealkylation sites (N-methyl/N-ethyl adjacent to an activating group) is 1. The van der Waals surface area contributed by atoms with Gasteiger partial charge in [0, 0.05) is 43.6 Å². The molecule has 1 aromatic rings. The molecule has 114 valence electrons. The largest absolute Gasteiger partial charge is 0.374 e. The quantitative estimate of drug-likeness (QED) is 0.895. The molecular weight excluding hydrogens is 250 g/mol. The second kappa shape index (κ2) is 6.74. The second-order valence-corrected chi connectivity index (χ2v) is 6.64. The van der Waals surface area contributed by atoms with Gasteiger partial charge in [0.05, 0.1) is 12.7 Å². The van der Waals surface area contributed by atoms with Crippen LogP contribution in [0.4, 0.5) is 0 Å². The van der Waals surface area contributed by atoms with E-state index in [1.807, 2.05) is 0 Å². The van der Waals surface area contributed by atoms with Gasteiger partial charge < -0.3 is 14.6 Å². The maximum Gasteiger partial charge on any atom is 0.0881 e. The van der Waals surface area contributed by atoms with Crippen LogP contribution in [0, 0.1) is 0 Å². The van der Waals surface area contributed by atoms with Crippen molar-refractivity contribution >= 4 is 0 Å². The Morgan fingerprint density at radius 2 is 2.20 bits per heavy atom. The summed E-state index contributed by atoms with van der Waals surface area (Å²) in [6, 6.07) is 4.32. The smallest absolute Gasteiger partial charge is 0.0881 e. The molecule has 1 aromatic heterocycles. The van der Waals surface area contributed by atoms with Gasteiger partial charge in [0.1, 0.15) is 0 Å². The average Bonchev–Trinajstić information content (AvgIpc) is 2.83. The minimum Gasteiger partial charge on any atom is -0.374 e. The summed E-state index contributed by atoms with van der Waals surface area (Å²) in [5.41, 5.74) is 1.48. The molecule has 1 fully saturated rings. The Labute approximate surface area is 123 Å². The summed E-state index contributed by atoms with van der Waals surface area (Å²) in [6.45, 7) is 14.7. The maximum atomic E-state index is 5.90. The summed E-state index contributed by atoms with van der Waals surface area (Å²) in [4.78, 5) is 2.46. The number of nitrogens with one attached hydrogen (secondary N) is 1. The number of hydrogen-bond donors (Lipinski definition) is 1. The van der Waals surface area contributed by atoms with Gasteiger partial charge >= 0.3 is 0 Å². The highest BCUT2D eigenvalue weighted by Gasteiger charge is 2.20. The van der Waals surface area contributed by atoms with Crippen molar-refractivity contribution in [2.24, 2.45) is 0 Å². The summed E-state index contributed by atoms with van der Waals surface area (Å²) in [7, 11) is 0. The summed E-state index contributed by atoms with van der Waals surface area (Å²) >= 11 is 0. The standard InChI is InChI=1S/C16H29N3O/c1-5-18-9-10-20-15(12-18)13-19-8-6-7-14(19)11-17-16(2,3)4/h6-8,15,17H,5,9-13H2,1-4H3. The Balaban J connectivity index is 1.91. The third-order valence-electron chi connectivity index (χ3n) is 3.79. The predicted octanol–water partition coefficient (Wildman–Crippen LogP) is 2.10. The van der Waals surface area contributed by atoms with Crippen LogP contribution in [0.3, 0.4) is 0 Å². The second-order valence-electron chi connectivity index (χ2n) is 6.64. The zero-order valence-electron chi connectivity index (χ0n) is 13.4. The lowest BCUT2D eigenvalue weighted by Crippen LogP contribution is -2.44. The third-order valence-corrected chi connectivity index (χ3v) is 3.79. The summed E-state index contributed by atoms with van der Waals surface area (Å²) < 4.78 is 8.22. The molecule has 1 saturated heterocycles. The molecule has 4 heteroatoms. The average molecular weight is 279 g/mol. The lowest BCUT2D eigenvalue weighted by Gasteiger charge is -2.32. The zero-order valence-corrected chi connectivity index (χ0v) is 13.4. The Hall–Kier alpha value is -0.840.